The van der Waals surface area contributed by atoms with Gasteiger partial charge < -0.3 is 14.8 Å². The van der Waals surface area contributed by atoms with Crippen LogP contribution in [0.15, 0.2) is 0 Å². The molecule has 1 N–H and O–H groups in total. The molecule has 0 unspecified atom stereocenters. The summed E-state index contributed by atoms with van der Waals surface area (Å²) in [6.07, 6.45) is 8.13. The molecule has 0 heterocycles. The Hall–Kier alpha value is -0.610. The summed E-state index contributed by atoms with van der Waals surface area (Å²) < 4.78 is 11.4. The molecule has 122 valence electrons. The first kappa shape index (κ1) is 16.8. The predicted molar refractivity (Wildman–Crippen MR) is 83.2 cm³/mol. The fourth-order valence-electron chi connectivity index (χ4n) is 2.90. The summed E-state index contributed by atoms with van der Waals surface area (Å²) in [5.41, 5.74) is -1.10. The molecule has 0 amide bonds. The van der Waals surface area contributed by atoms with Crippen LogP contribution in [-0.2, 0) is 14.3 Å². The summed E-state index contributed by atoms with van der Waals surface area (Å²) in [5.74, 6) is -0.195. The van der Waals surface area contributed by atoms with Gasteiger partial charge >= 0.3 is 5.97 Å². The molecule has 0 aliphatic heterocycles. The van der Waals surface area contributed by atoms with Gasteiger partial charge in [0.15, 0.2) is 5.60 Å². The molecule has 4 heteroatoms. The lowest BCUT2D eigenvalue weighted by atomic mass is 9.95. The van der Waals surface area contributed by atoms with Crippen LogP contribution in [0.2, 0.25) is 0 Å². The Kier molecular flexibility index (Phi) is 5.31. The van der Waals surface area contributed by atoms with Crippen LogP contribution in [0.4, 0.5) is 0 Å². The quantitative estimate of drug-likeness (QED) is 0.765. The van der Waals surface area contributed by atoms with Crippen molar-refractivity contribution in [3.8, 4) is 0 Å². The van der Waals surface area contributed by atoms with E-state index in [0.717, 1.165) is 12.8 Å². The van der Waals surface area contributed by atoms with Gasteiger partial charge in [0.25, 0.3) is 0 Å². The summed E-state index contributed by atoms with van der Waals surface area (Å²) in [4.78, 5) is 12.2. The second kappa shape index (κ2) is 6.66. The summed E-state index contributed by atoms with van der Waals surface area (Å²) in [6.45, 7) is 8.41. The lowest BCUT2D eigenvalue weighted by Crippen LogP contribution is -2.43. The van der Waals surface area contributed by atoms with E-state index in [0.29, 0.717) is 12.6 Å². The van der Waals surface area contributed by atoms with Crippen molar-refractivity contribution < 1.29 is 14.3 Å². The van der Waals surface area contributed by atoms with Gasteiger partial charge in [-0.1, -0.05) is 19.3 Å². The lowest BCUT2D eigenvalue weighted by Gasteiger charge is -2.28. The highest BCUT2D eigenvalue weighted by molar-refractivity contribution is 5.83. The maximum absolute atomic E-state index is 12.2. The minimum Gasteiger partial charge on any atom is -0.458 e. The fourth-order valence-corrected chi connectivity index (χ4v) is 2.90. The van der Waals surface area contributed by atoms with Crippen molar-refractivity contribution in [2.24, 2.45) is 0 Å². The number of carbonyl (C=O) groups is 1. The maximum Gasteiger partial charge on any atom is 0.338 e. The summed E-state index contributed by atoms with van der Waals surface area (Å²) in [6, 6.07) is 0.905. The van der Waals surface area contributed by atoms with Gasteiger partial charge in [-0.3, -0.25) is 0 Å². The molecule has 2 fully saturated rings. The zero-order valence-electron chi connectivity index (χ0n) is 14.0. The number of rotatable bonds is 6. The average Bonchev–Trinajstić information content (AvgIpc) is 3.17. The molecule has 0 aromatic heterocycles. The number of carbonyl (C=O) groups excluding carboxylic acids is 1. The van der Waals surface area contributed by atoms with Gasteiger partial charge in [0.05, 0.1) is 6.61 Å². The SMILES string of the molecule is C[C@H](COC1(C(=O)OC(C)(C)C)CC1)NC1CCCCC1. The van der Waals surface area contributed by atoms with Gasteiger partial charge in [-0.15, -0.1) is 0 Å². The van der Waals surface area contributed by atoms with Crippen molar-refractivity contribution in [3.63, 3.8) is 0 Å². The third kappa shape index (κ3) is 5.26. The molecule has 2 aliphatic rings. The smallest absolute Gasteiger partial charge is 0.338 e. The molecule has 2 rings (SSSR count). The minimum atomic E-state index is -0.657. The topological polar surface area (TPSA) is 47.6 Å². The number of nitrogens with one attached hydrogen (secondary N) is 1. The highest BCUT2D eigenvalue weighted by Gasteiger charge is 2.54. The number of hydrogen-bond acceptors (Lipinski definition) is 4. The van der Waals surface area contributed by atoms with Gasteiger partial charge in [0.1, 0.15) is 5.60 Å². The van der Waals surface area contributed by atoms with Crippen molar-refractivity contribution in [1.82, 2.24) is 5.32 Å². The predicted octanol–water partition coefficient (Wildman–Crippen LogP) is 3.19. The second-order valence-corrected chi connectivity index (χ2v) is 7.71. The van der Waals surface area contributed by atoms with Gasteiger partial charge in [-0.2, -0.15) is 0 Å². The van der Waals surface area contributed by atoms with Crippen LogP contribution in [0.5, 0.6) is 0 Å². The monoisotopic (exact) mass is 297 g/mol. The van der Waals surface area contributed by atoms with E-state index in [9.17, 15) is 4.79 Å². The van der Waals surface area contributed by atoms with E-state index in [-0.39, 0.29) is 12.0 Å². The van der Waals surface area contributed by atoms with E-state index in [1.165, 1.54) is 32.1 Å². The first-order valence-corrected chi connectivity index (χ1v) is 8.44. The van der Waals surface area contributed by atoms with Gasteiger partial charge in [-0.05, 0) is 53.4 Å². The van der Waals surface area contributed by atoms with Crippen LogP contribution in [0.1, 0.15) is 72.6 Å². The molecule has 2 aliphatic carbocycles. The third-order valence-electron chi connectivity index (χ3n) is 4.21. The van der Waals surface area contributed by atoms with Crippen LogP contribution >= 0.6 is 0 Å². The molecule has 0 spiro atoms. The van der Waals surface area contributed by atoms with Crippen molar-refractivity contribution in [1.29, 1.82) is 0 Å². The summed E-state index contributed by atoms with van der Waals surface area (Å²) in [5, 5.41) is 3.63. The molecule has 0 aromatic carbocycles. The third-order valence-corrected chi connectivity index (χ3v) is 4.21. The molecular weight excluding hydrogens is 266 g/mol. The number of ether oxygens (including phenoxy) is 2. The van der Waals surface area contributed by atoms with Crippen LogP contribution in [0.25, 0.3) is 0 Å². The minimum absolute atomic E-state index is 0.195. The largest absolute Gasteiger partial charge is 0.458 e. The molecule has 1 atom stereocenters. The highest BCUT2D eigenvalue weighted by atomic mass is 16.6. The molecule has 2 saturated carbocycles. The molecule has 0 radical (unpaired) electrons. The first-order chi connectivity index (χ1) is 9.81. The van der Waals surface area contributed by atoms with Gasteiger partial charge in [0.2, 0.25) is 0 Å². The van der Waals surface area contributed by atoms with Crippen molar-refractivity contribution in [3.05, 3.63) is 0 Å². The van der Waals surface area contributed by atoms with Gasteiger partial charge in [0, 0.05) is 12.1 Å². The average molecular weight is 297 g/mol. The highest BCUT2D eigenvalue weighted by Crippen LogP contribution is 2.41. The molecule has 21 heavy (non-hydrogen) atoms. The van der Waals surface area contributed by atoms with E-state index in [2.05, 4.69) is 12.2 Å². The van der Waals surface area contributed by atoms with Crippen LogP contribution in [0.3, 0.4) is 0 Å². The molecule has 0 saturated heterocycles. The van der Waals surface area contributed by atoms with E-state index in [1.54, 1.807) is 0 Å². The molecule has 0 aromatic rings. The second-order valence-electron chi connectivity index (χ2n) is 7.71. The molecule has 4 nitrogen and oxygen atoms in total. The molecule has 0 bridgehead atoms. The van der Waals surface area contributed by atoms with E-state index in [4.69, 9.17) is 9.47 Å². The Morgan fingerprint density at radius 2 is 1.86 bits per heavy atom. The van der Waals surface area contributed by atoms with Gasteiger partial charge in [-0.25, -0.2) is 4.79 Å². The van der Waals surface area contributed by atoms with E-state index in [1.807, 2.05) is 20.8 Å². The number of hydrogen-bond donors (Lipinski definition) is 1. The molecular formula is C17H31NO3. The summed E-state index contributed by atoms with van der Waals surface area (Å²) >= 11 is 0. The zero-order chi connectivity index (χ0) is 15.5. The fraction of sp³-hybridized carbons (Fsp3) is 0.941. The Morgan fingerprint density at radius 1 is 1.24 bits per heavy atom. The lowest BCUT2D eigenvalue weighted by molar-refractivity contribution is -0.172. The summed E-state index contributed by atoms with van der Waals surface area (Å²) in [7, 11) is 0. The van der Waals surface area contributed by atoms with Crippen molar-refractivity contribution in [2.45, 2.75) is 95.9 Å². The Balaban J connectivity index is 1.72. The Morgan fingerprint density at radius 3 is 2.38 bits per heavy atom. The van der Waals surface area contributed by atoms with Crippen LogP contribution in [-0.4, -0.2) is 35.9 Å². The maximum atomic E-state index is 12.2. The first-order valence-electron chi connectivity index (χ1n) is 8.44. The normalized spacial score (nSPS) is 23.6. The zero-order valence-corrected chi connectivity index (χ0v) is 14.0. The van der Waals surface area contributed by atoms with E-state index < -0.39 is 11.2 Å². The Labute approximate surface area is 129 Å². The standard InChI is InChI=1S/C17H31NO3/c1-13(18-14-8-6-5-7-9-14)12-20-17(10-11-17)15(19)21-16(2,3)4/h13-14,18H,5-12H2,1-4H3/t13-/m1/s1. The van der Waals surface area contributed by atoms with Crippen molar-refractivity contribution in [2.75, 3.05) is 6.61 Å². The van der Waals surface area contributed by atoms with Crippen molar-refractivity contribution >= 4 is 5.97 Å². The van der Waals surface area contributed by atoms with Crippen LogP contribution in [0, 0.1) is 0 Å². The van der Waals surface area contributed by atoms with E-state index >= 15 is 0 Å². The number of esters is 1. The van der Waals surface area contributed by atoms with Crippen LogP contribution < -0.4 is 5.32 Å². The Bertz CT molecular complexity index is 352.